The molecule has 116 valence electrons. The van der Waals surface area contributed by atoms with Gasteiger partial charge in [0.2, 0.25) is 0 Å². The molecule has 2 aromatic carbocycles. The Morgan fingerprint density at radius 1 is 1.18 bits per heavy atom. The largest absolute Gasteiger partial charge is 0.457 e. The minimum atomic E-state index is 0.296. The lowest BCUT2D eigenvalue weighted by atomic mass is 10.0. The SMILES string of the molecule is CCC(C)N1Cc2ccc(Oc3ccccc3)cc2C1CN. The average Bonchev–Trinajstić information content (AvgIpc) is 2.93. The molecule has 0 radical (unpaired) electrons. The summed E-state index contributed by atoms with van der Waals surface area (Å²) in [6.45, 7) is 6.13. The summed E-state index contributed by atoms with van der Waals surface area (Å²) in [5.41, 5.74) is 8.74. The maximum absolute atomic E-state index is 6.05. The van der Waals surface area contributed by atoms with Crippen molar-refractivity contribution in [3.63, 3.8) is 0 Å². The summed E-state index contributed by atoms with van der Waals surface area (Å²) >= 11 is 0. The lowest BCUT2D eigenvalue weighted by Crippen LogP contribution is -2.34. The van der Waals surface area contributed by atoms with E-state index < -0.39 is 0 Å². The summed E-state index contributed by atoms with van der Waals surface area (Å²) in [4.78, 5) is 2.50. The minimum Gasteiger partial charge on any atom is -0.457 e. The second kappa shape index (κ2) is 6.51. The molecule has 0 spiro atoms. The van der Waals surface area contributed by atoms with Crippen LogP contribution in [0.2, 0.25) is 0 Å². The van der Waals surface area contributed by atoms with Crippen LogP contribution in [0.5, 0.6) is 11.5 Å². The molecule has 2 unspecified atom stereocenters. The molecule has 3 nitrogen and oxygen atoms in total. The molecule has 2 aromatic rings. The summed E-state index contributed by atoms with van der Waals surface area (Å²) in [7, 11) is 0. The van der Waals surface area contributed by atoms with Gasteiger partial charge < -0.3 is 10.5 Å². The van der Waals surface area contributed by atoms with Gasteiger partial charge in [0, 0.05) is 25.2 Å². The molecule has 2 atom stereocenters. The third kappa shape index (κ3) is 2.87. The Morgan fingerprint density at radius 2 is 1.95 bits per heavy atom. The first-order valence-corrected chi connectivity index (χ1v) is 8.04. The van der Waals surface area contributed by atoms with Gasteiger partial charge >= 0.3 is 0 Å². The first-order valence-electron chi connectivity index (χ1n) is 8.04. The molecule has 2 N–H and O–H groups in total. The Labute approximate surface area is 132 Å². The number of nitrogens with zero attached hydrogens (tertiary/aromatic N) is 1. The number of rotatable bonds is 5. The quantitative estimate of drug-likeness (QED) is 0.903. The Hall–Kier alpha value is -1.84. The molecule has 0 bridgehead atoms. The van der Waals surface area contributed by atoms with Crippen LogP contribution < -0.4 is 10.5 Å². The molecule has 0 aromatic heterocycles. The molecule has 1 aliphatic rings. The monoisotopic (exact) mass is 296 g/mol. The Kier molecular flexibility index (Phi) is 4.46. The van der Waals surface area contributed by atoms with Crippen LogP contribution in [0, 0.1) is 0 Å². The van der Waals surface area contributed by atoms with E-state index in [1.54, 1.807) is 0 Å². The molecule has 22 heavy (non-hydrogen) atoms. The summed E-state index contributed by atoms with van der Waals surface area (Å²) < 4.78 is 5.96. The van der Waals surface area contributed by atoms with Gasteiger partial charge in [0.1, 0.15) is 11.5 Å². The zero-order valence-electron chi connectivity index (χ0n) is 13.3. The van der Waals surface area contributed by atoms with Crippen molar-refractivity contribution in [2.45, 2.75) is 38.9 Å². The van der Waals surface area contributed by atoms with E-state index in [0.29, 0.717) is 18.6 Å². The van der Waals surface area contributed by atoms with Crippen molar-refractivity contribution in [1.82, 2.24) is 4.90 Å². The molecule has 1 aliphatic heterocycles. The first kappa shape index (κ1) is 15.1. The fourth-order valence-corrected chi connectivity index (χ4v) is 3.16. The van der Waals surface area contributed by atoms with Crippen LogP contribution in [-0.2, 0) is 6.54 Å². The van der Waals surface area contributed by atoms with Crippen molar-refractivity contribution in [2.24, 2.45) is 5.73 Å². The first-order chi connectivity index (χ1) is 10.7. The molecular formula is C19H24N2O. The van der Waals surface area contributed by atoms with Gasteiger partial charge in [0.25, 0.3) is 0 Å². The van der Waals surface area contributed by atoms with Crippen molar-refractivity contribution in [1.29, 1.82) is 0 Å². The lowest BCUT2D eigenvalue weighted by molar-refractivity contribution is 0.157. The molecule has 0 saturated carbocycles. The van der Waals surface area contributed by atoms with E-state index in [1.807, 2.05) is 30.3 Å². The predicted octanol–water partition coefficient (Wildman–Crippen LogP) is 4.09. The lowest BCUT2D eigenvalue weighted by Gasteiger charge is -2.29. The minimum absolute atomic E-state index is 0.296. The number of ether oxygens (including phenoxy) is 1. The van der Waals surface area contributed by atoms with E-state index in [4.69, 9.17) is 10.5 Å². The number of para-hydroxylation sites is 1. The second-order valence-corrected chi connectivity index (χ2v) is 5.96. The second-order valence-electron chi connectivity index (χ2n) is 5.96. The van der Waals surface area contributed by atoms with Crippen molar-refractivity contribution in [3.8, 4) is 11.5 Å². The highest BCUT2D eigenvalue weighted by molar-refractivity contribution is 5.42. The zero-order valence-corrected chi connectivity index (χ0v) is 13.3. The molecule has 0 saturated heterocycles. The van der Waals surface area contributed by atoms with Crippen LogP contribution in [-0.4, -0.2) is 17.5 Å². The number of hydrogen-bond donors (Lipinski definition) is 1. The number of nitrogens with two attached hydrogens (primary N) is 1. The van der Waals surface area contributed by atoms with E-state index in [1.165, 1.54) is 11.1 Å². The predicted molar refractivity (Wildman–Crippen MR) is 90.0 cm³/mol. The number of benzene rings is 2. The summed E-state index contributed by atoms with van der Waals surface area (Å²) in [6.07, 6.45) is 1.14. The van der Waals surface area contributed by atoms with Crippen molar-refractivity contribution in [3.05, 3.63) is 59.7 Å². The summed E-state index contributed by atoms with van der Waals surface area (Å²) in [5, 5.41) is 0. The van der Waals surface area contributed by atoms with Gasteiger partial charge in [-0.1, -0.05) is 31.2 Å². The standard InChI is InChI=1S/C19H24N2O/c1-3-14(2)21-13-15-9-10-17(11-18(15)19(21)12-20)22-16-7-5-4-6-8-16/h4-11,14,19H,3,12-13,20H2,1-2H3. The topological polar surface area (TPSA) is 38.5 Å². The maximum Gasteiger partial charge on any atom is 0.127 e. The van der Waals surface area contributed by atoms with Crippen molar-refractivity contribution >= 4 is 0 Å². The van der Waals surface area contributed by atoms with E-state index >= 15 is 0 Å². The van der Waals surface area contributed by atoms with Gasteiger partial charge in [-0.15, -0.1) is 0 Å². The molecule has 0 aliphatic carbocycles. The van der Waals surface area contributed by atoms with Crippen LogP contribution in [0.15, 0.2) is 48.5 Å². The van der Waals surface area contributed by atoms with E-state index in [-0.39, 0.29) is 0 Å². The van der Waals surface area contributed by atoms with Crippen LogP contribution in [0.4, 0.5) is 0 Å². The fraction of sp³-hybridized carbons (Fsp3) is 0.368. The zero-order chi connectivity index (χ0) is 15.5. The van der Waals surface area contributed by atoms with E-state index in [0.717, 1.165) is 24.5 Å². The van der Waals surface area contributed by atoms with E-state index in [9.17, 15) is 0 Å². The van der Waals surface area contributed by atoms with Gasteiger partial charge in [-0.2, -0.15) is 0 Å². The molecule has 0 fully saturated rings. The number of hydrogen-bond acceptors (Lipinski definition) is 3. The summed E-state index contributed by atoms with van der Waals surface area (Å²) in [5.74, 6) is 1.75. The molecule has 0 amide bonds. The van der Waals surface area contributed by atoms with Crippen LogP contribution in [0.1, 0.15) is 37.4 Å². The fourth-order valence-electron chi connectivity index (χ4n) is 3.16. The highest BCUT2D eigenvalue weighted by Gasteiger charge is 2.31. The van der Waals surface area contributed by atoms with Gasteiger partial charge in [-0.3, -0.25) is 4.90 Å². The number of fused-ring (bicyclic) bond motifs is 1. The third-order valence-electron chi connectivity index (χ3n) is 4.59. The third-order valence-corrected chi connectivity index (χ3v) is 4.59. The summed E-state index contributed by atoms with van der Waals surface area (Å²) in [6, 6.07) is 17.1. The molecular weight excluding hydrogens is 272 g/mol. The van der Waals surface area contributed by atoms with Crippen LogP contribution >= 0.6 is 0 Å². The van der Waals surface area contributed by atoms with Gasteiger partial charge in [0.15, 0.2) is 0 Å². The van der Waals surface area contributed by atoms with Crippen molar-refractivity contribution in [2.75, 3.05) is 6.54 Å². The van der Waals surface area contributed by atoms with Crippen molar-refractivity contribution < 1.29 is 4.74 Å². The highest BCUT2D eigenvalue weighted by atomic mass is 16.5. The van der Waals surface area contributed by atoms with E-state index in [2.05, 4.69) is 36.9 Å². The molecule has 3 heteroatoms. The Balaban J connectivity index is 1.85. The van der Waals surface area contributed by atoms with Gasteiger partial charge in [-0.05, 0) is 48.7 Å². The van der Waals surface area contributed by atoms with Gasteiger partial charge in [0.05, 0.1) is 0 Å². The molecule has 1 heterocycles. The molecule has 3 rings (SSSR count). The average molecular weight is 296 g/mol. The Bertz CT molecular complexity index is 627. The Morgan fingerprint density at radius 3 is 2.64 bits per heavy atom. The highest BCUT2D eigenvalue weighted by Crippen LogP contribution is 2.38. The van der Waals surface area contributed by atoms with Gasteiger partial charge in [-0.25, -0.2) is 0 Å². The van der Waals surface area contributed by atoms with Crippen LogP contribution in [0.25, 0.3) is 0 Å². The normalized spacial score (nSPS) is 19.0. The van der Waals surface area contributed by atoms with Crippen LogP contribution in [0.3, 0.4) is 0 Å². The maximum atomic E-state index is 6.05. The smallest absolute Gasteiger partial charge is 0.127 e.